The lowest BCUT2D eigenvalue weighted by atomic mass is 9.96. The van der Waals surface area contributed by atoms with Gasteiger partial charge in [-0.25, -0.2) is 0 Å². The highest BCUT2D eigenvalue weighted by Crippen LogP contribution is 2.35. The molecular weight excluding hydrogens is 756 g/mol. The van der Waals surface area contributed by atoms with Crippen LogP contribution in [0.3, 0.4) is 0 Å². The van der Waals surface area contributed by atoms with Gasteiger partial charge in [-0.2, -0.15) is 0 Å². The summed E-state index contributed by atoms with van der Waals surface area (Å²) >= 11 is 0. The van der Waals surface area contributed by atoms with Gasteiger partial charge in [0.25, 0.3) is 0 Å². The van der Waals surface area contributed by atoms with E-state index in [1.54, 1.807) is 6.08 Å². The quantitative estimate of drug-likeness (QED) is 0.0621. The first-order valence-electron chi connectivity index (χ1n) is 19.4. The van der Waals surface area contributed by atoms with Gasteiger partial charge in [0.05, 0.1) is 6.61 Å². The smallest absolute Gasteiger partial charge is 0.303 e. The molecule has 2 rings (SSSR count). The van der Waals surface area contributed by atoms with Crippen molar-refractivity contribution in [2.45, 2.75) is 175 Å². The van der Waals surface area contributed by atoms with Crippen LogP contribution < -0.4 is 0 Å². The summed E-state index contributed by atoms with van der Waals surface area (Å²) in [6, 6.07) is 0. The minimum absolute atomic E-state index is 0.00224. The molecule has 0 N–H and O–H groups in total. The van der Waals surface area contributed by atoms with Gasteiger partial charge in [-0.15, -0.1) is 0 Å². The van der Waals surface area contributed by atoms with E-state index in [4.69, 9.17) is 52.1 Å². The van der Waals surface area contributed by atoms with E-state index in [1.165, 1.54) is 32.1 Å². The van der Waals surface area contributed by atoms with Crippen LogP contribution in [0, 0.1) is 0 Å². The zero-order chi connectivity index (χ0) is 42.5. The maximum Gasteiger partial charge on any atom is 0.303 e. The van der Waals surface area contributed by atoms with E-state index in [0.29, 0.717) is 0 Å². The summed E-state index contributed by atoms with van der Waals surface area (Å²) < 4.78 is 62.8. The summed E-state index contributed by atoms with van der Waals surface area (Å²) in [5.74, 6) is -5.71. The van der Waals surface area contributed by atoms with E-state index >= 15 is 0 Å². The predicted molar refractivity (Wildman–Crippen MR) is 196 cm³/mol. The molecule has 2 saturated heterocycles. The van der Waals surface area contributed by atoms with Crippen LogP contribution in [-0.2, 0) is 85.7 Å². The molecule has 0 bridgehead atoms. The molecule has 0 aromatic heterocycles. The minimum atomic E-state index is -1.77. The number of rotatable bonds is 23. The number of unbranched alkanes of at least 4 members (excludes halogenated alkanes) is 8. The third kappa shape index (κ3) is 18.3. The molecule has 0 radical (unpaired) electrons. The van der Waals surface area contributed by atoms with Crippen LogP contribution in [0.25, 0.3) is 0 Å². The molecule has 0 aliphatic carbocycles. The van der Waals surface area contributed by atoms with Gasteiger partial charge in [0.15, 0.2) is 43.1 Å². The van der Waals surface area contributed by atoms with Crippen molar-refractivity contribution >= 4 is 41.8 Å². The van der Waals surface area contributed by atoms with Crippen LogP contribution in [0.1, 0.15) is 113 Å². The Bertz CT molecular complexity index is 1350. The Morgan fingerprint density at radius 2 is 0.860 bits per heavy atom. The summed E-state index contributed by atoms with van der Waals surface area (Å²) in [6.45, 7) is 8.77. The molecule has 57 heavy (non-hydrogen) atoms. The first-order chi connectivity index (χ1) is 27.0. The minimum Gasteiger partial charge on any atom is -0.463 e. The first-order valence-corrected chi connectivity index (χ1v) is 19.4. The van der Waals surface area contributed by atoms with Crippen molar-refractivity contribution in [3.05, 3.63) is 12.2 Å². The van der Waals surface area contributed by atoms with Crippen LogP contribution in [0.15, 0.2) is 12.2 Å². The number of hydrogen-bond donors (Lipinski definition) is 0. The second-order valence-corrected chi connectivity index (χ2v) is 13.7. The second-order valence-electron chi connectivity index (χ2n) is 13.7. The molecule has 0 unspecified atom stereocenters. The van der Waals surface area contributed by atoms with Gasteiger partial charge >= 0.3 is 41.8 Å². The van der Waals surface area contributed by atoms with Gasteiger partial charge < -0.3 is 52.1 Å². The lowest BCUT2D eigenvalue weighted by Crippen LogP contribution is -2.67. The third-order valence-electron chi connectivity index (χ3n) is 8.63. The maximum atomic E-state index is 12.6. The van der Waals surface area contributed by atoms with Gasteiger partial charge in [-0.05, 0) is 12.8 Å². The Morgan fingerprint density at radius 3 is 1.35 bits per heavy atom. The van der Waals surface area contributed by atoms with Gasteiger partial charge in [0, 0.05) is 48.5 Å². The normalized spacial score (nSPS) is 27.2. The van der Waals surface area contributed by atoms with Gasteiger partial charge in [0.2, 0.25) is 0 Å². The summed E-state index contributed by atoms with van der Waals surface area (Å²) in [5, 5.41) is 0. The molecule has 18 heteroatoms. The van der Waals surface area contributed by atoms with Crippen molar-refractivity contribution in [3.8, 4) is 0 Å². The van der Waals surface area contributed by atoms with Crippen LogP contribution in [-0.4, -0.2) is 123 Å². The lowest BCUT2D eigenvalue weighted by Gasteiger charge is -2.48. The molecule has 2 fully saturated rings. The Labute approximate surface area is 333 Å². The van der Waals surface area contributed by atoms with E-state index < -0.39 is 116 Å². The fraction of sp³-hybridized carbons (Fsp3) is 0.769. The Hall–Kier alpha value is -4.13. The molecule has 2 aliphatic rings. The largest absolute Gasteiger partial charge is 0.463 e. The summed E-state index contributed by atoms with van der Waals surface area (Å²) in [5.41, 5.74) is 0. The highest BCUT2D eigenvalue weighted by atomic mass is 16.8. The average Bonchev–Trinajstić information content (AvgIpc) is 3.10. The second kappa shape index (κ2) is 26.0. The summed E-state index contributed by atoms with van der Waals surface area (Å²) in [7, 11) is 0. The topological polar surface area (TPSA) is 221 Å². The number of esters is 7. The number of carbonyl (C=O) groups is 7. The molecule has 10 atom stereocenters. The molecular formula is C39H60O18. The molecule has 2 aliphatic heterocycles. The SMILES string of the molecule is CCCCCCCCCC/C=C/CO[C@@H]1O[C@H](COC(C)=O)[C@@H](O[C@@H]2O[C@H](COC(C)=O)[C@H](OC(C)=O)[C@H](OC(C)=O)[C@H]2OC(C)=O)[C@H](OC(C)=O)[C@H]1OC(C)=O. The van der Waals surface area contributed by atoms with Crippen LogP contribution >= 0.6 is 0 Å². The highest BCUT2D eigenvalue weighted by Gasteiger charge is 2.57. The summed E-state index contributed by atoms with van der Waals surface area (Å²) in [4.78, 5) is 85.9. The predicted octanol–water partition coefficient (Wildman–Crippen LogP) is 3.71. The highest BCUT2D eigenvalue weighted by molar-refractivity contribution is 5.69. The zero-order valence-electron chi connectivity index (χ0n) is 34.3. The summed E-state index contributed by atoms with van der Waals surface area (Å²) in [6.07, 6.45) is -1.24. The number of carbonyl (C=O) groups excluding carboxylic acids is 7. The van der Waals surface area contributed by atoms with Crippen LogP contribution in [0.5, 0.6) is 0 Å². The standard InChI is InChI=1S/C39H60O18/c1-9-10-11-12-13-14-15-16-17-18-19-20-47-38-36(53-28(7)45)35(52-27(6)44)33(31(55-38)22-49-24(3)41)57-39-37(54-29(8)46)34(51-26(5)43)32(50-25(4)42)30(56-39)21-48-23(2)40/h18-19,30-39H,9-17,20-22H2,1-8H3/b19-18+/t30-,31-,32+,33-,34+,35+,36-,37-,38-,39+/m1/s1. The Morgan fingerprint density at radius 1 is 0.456 bits per heavy atom. The molecule has 0 aromatic rings. The van der Waals surface area contributed by atoms with E-state index in [0.717, 1.165) is 74.1 Å². The molecule has 0 spiro atoms. The number of ether oxygens (including phenoxy) is 11. The van der Waals surface area contributed by atoms with Crippen LogP contribution in [0.2, 0.25) is 0 Å². The molecule has 0 saturated carbocycles. The van der Waals surface area contributed by atoms with Gasteiger partial charge in [-0.3, -0.25) is 33.6 Å². The fourth-order valence-electron chi connectivity index (χ4n) is 6.34. The molecule has 0 aromatic carbocycles. The Kier molecular flexibility index (Phi) is 22.3. The van der Waals surface area contributed by atoms with Crippen molar-refractivity contribution in [2.75, 3.05) is 19.8 Å². The fourth-order valence-corrected chi connectivity index (χ4v) is 6.34. The lowest BCUT2D eigenvalue weighted by molar-refractivity contribution is -0.360. The molecule has 2 heterocycles. The van der Waals surface area contributed by atoms with Crippen LogP contribution in [0.4, 0.5) is 0 Å². The van der Waals surface area contributed by atoms with E-state index in [9.17, 15) is 33.6 Å². The number of allylic oxidation sites excluding steroid dienone is 1. The van der Waals surface area contributed by atoms with Crippen molar-refractivity contribution in [1.29, 1.82) is 0 Å². The maximum absolute atomic E-state index is 12.6. The molecule has 324 valence electrons. The van der Waals surface area contributed by atoms with E-state index in [1.807, 2.05) is 6.08 Å². The average molecular weight is 817 g/mol. The Balaban J connectivity index is 2.49. The molecule has 18 nitrogen and oxygen atoms in total. The van der Waals surface area contributed by atoms with Crippen molar-refractivity contribution in [3.63, 3.8) is 0 Å². The third-order valence-corrected chi connectivity index (χ3v) is 8.63. The first kappa shape index (κ1) is 49.0. The van der Waals surface area contributed by atoms with E-state index in [-0.39, 0.29) is 6.61 Å². The van der Waals surface area contributed by atoms with E-state index in [2.05, 4.69) is 6.92 Å². The molecule has 0 amide bonds. The van der Waals surface area contributed by atoms with Crippen molar-refractivity contribution in [1.82, 2.24) is 0 Å². The number of hydrogen-bond acceptors (Lipinski definition) is 18. The van der Waals surface area contributed by atoms with Crippen molar-refractivity contribution in [2.24, 2.45) is 0 Å². The van der Waals surface area contributed by atoms with Crippen molar-refractivity contribution < 1.29 is 85.7 Å². The zero-order valence-corrected chi connectivity index (χ0v) is 34.3. The monoisotopic (exact) mass is 816 g/mol. The van der Waals surface area contributed by atoms with Gasteiger partial charge in [0.1, 0.15) is 31.5 Å². The van der Waals surface area contributed by atoms with Gasteiger partial charge in [-0.1, -0.05) is 64.0 Å².